The maximum Gasteiger partial charge on any atom is 0.323 e. The van der Waals surface area contributed by atoms with Gasteiger partial charge >= 0.3 is 5.97 Å². The van der Waals surface area contributed by atoms with Crippen molar-refractivity contribution in [3.05, 3.63) is 29.8 Å². The Balaban J connectivity index is 1.83. The molecule has 1 fully saturated rings. The highest BCUT2D eigenvalue weighted by Crippen LogP contribution is 2.22. The van der Waals surface area contributed by atoms with Gasteiger partial charge in [-0.1, -0.05) is 6.07 Å². The zero-order valence-corrected chi connectivity index (χ0v) is 11.5. The maximum absolute atomic E-state index is 13.6. The lowest BCUT2D eigenvalue weighted by Gasteiger charge is -2.20. The van der Waals surface area contributed by atoms with E-state index in [1.807, 2.05) is 0 Å². The van der Waals surface area contributed by atoms with Gasteiger partial charge in [0.15, 0.2) is 5.82 Å². The van der Waals surface area contributed by atoms with Crippen molar-refractivity contribution < 1.29 is 19.0 Å². The zero-order chi connectivity index (χ0) is 15.0. The predicted octanol–water partition coefficient (Wildman–Crippen LogP) is 0.810. The summed E-state index contributed by atoms with van der Waals surface area (Å²) in [5.41, 5.74) is 0.890. The van der Waals surface area contributed by atoms with Crippen LogP contribution in [0.25, 0.3) is 11.0 Å². The first-order valence-electron chi connectivity index (χ1n) is 6.71. The number of methoxy groups -OCH3 is 1. The van der Waals surface area contributed by atoms with Gasteiger partial charge in [-0.05, 0) is 12.1 Å². The van der Waals surface area contributed by atoms with Crippen molar-refractivity contribution in [2.45, 2.75) is 25.1 Å². The number of hydrogen-bond donors (Lipinski definition) is 2. The Kier molecular flexibility index (Phi) is 3.60. The summed E-state index contributed by atoms with van der Waals surface area (Å²) < 4.78 is 18.4. The number of halogens is 1. The summed E-state index contributed by atoms with van der Waals surface area (Å²) in [4.78, 5) is 20.7. The molecule has 1 aliphatic heterocycles. The zero-order valence-electron chi connectivity index (χ0n) is 11.5. The summed E-state index contributed by atoms with van der Waals surface area (Å²) in [5.74, 6) is -0.215. The van der Waals surface area contributed by atoms with Crippen LogP contribution in [-0.4, -0.2) is 51.7 Å². The molecule has 0 aliphatic carbocycles. The van der Waals surface area contributed by atoms with Crippen molar-refractivity contribution in [1.29, 1.82) is 0 Å². The highest BCUT2D eigenvalue weighted by Gasteiger charge is 2.37. The molecular formula is C14H16FN3O3. The van der Waals surface area contributed by atoms with Gasteiger partial charge in [-0.3, -0.25) is 9.69 Å². The van der Waals surface area contributed by atoms with Crippen LogP contribution in [0.4, 0.5) is 4.39 Å². The van der Waals surface area contributed by atoms with E-state index in [0.717, 1.165) is 0 Å². The molecule has 1 aliphatic rings. The first kappa shape index (κ1) is 14.0. The highest BCUT2D eigenvalue weighted by molar-refractivity contribution is 5.76. The topological polar surface area (TPSA) is 78.5 Å². The SMILES string of the molecule is COC(=O)[C@@H]1C[C@H](O)CN1Cc1nc2c(F)cccc2[nH]1. The Hall–Kier alpha value is -1.99. The van der Waals surface area contributed by atoms with Crippen LogP contribution >= 0.6 is 0 Å². The molecular weight excluding hydrogens is 277 g/mol. The lowest BCUT2D eigenvalue weighted by atomic mass is 10.2. The third-order valence-corrected chi connectivity index (χ3v) is 3.72. The number of carbonyl (C=O) groups excluding carboxylic acids is 1. The monoisotopic (exact) mass is 293 g/mol. The van der Waals surface area contributed by atoms with E-state index in [4.69, 9.17) is 4.74 Å². The summed E-state index contributed by atoms with van der Waals surface area (Å²) in [6.07, 6.45) is -0.239. The number of para-hydroxylation sites is 1. The molecule has 0 bridgehead atoms. The molecule has 21 heavy (non-hydrogen) atoms. The van der Waals surface area contributed by atoms with Crippen LogP contribution in [-0.2, 0) is 16.1 Å². The average molecular weight is 293 g/mol. The highest BCUT2D eigenvalue weighted by atomic mass is 19.1. The van der Waals surface area contributed by atoms with Gasteiger partial charge in [0.25, 0.3) is 0 Å². The van der Waals surface area contributed by atoms with E-state index in [0.29, 0.717) is 30.9 Å². The van der Waals surface area contributed by atoms with E-state index in [1.54, 1.807) is 17.0 Å². The molecule has 2 aromatic rings. The molecule has 2 N–H and O–H groups in total. The van der Waals surface area contributed by atoms with E-state index >= 15 is 0 Å². The molecule has 0 radical (unpaired) electrons. The normalized spacial score (nSPS) is 22.8. The van der Waals surface area contributed by atoms with Crippen molar-refractivity contribution >= 4 is 17.0 Å². The number of esters is 1. The number of aromatic nitrogens is 2. The lowest BCUT2D eigenvalue weighted by molar-refractivity contribution is -0.146. The minimum absolute atomic E-state index is 0.280. The fraction of sp³-hybridized carbons (Fsp3) is 0.429. The summed E-state index contributed by atoms with van der Waals surface area (Å²) in [7, 11) is 1.32. The first-order chi connectivity index (χ1) is 10.1. The van der Waals surface area contributed by atoms with Gasteiger partial charge in [-0.15, -0.1) is 0 Å². The summed E-state index contributed by atoms with van der Waals surface area (Å²) in [6, 6.07) is 4.20. The van der Waals surface area contributed by atoms with Crippen molar-refractivity contribution in [2.24, 2.45) is 0 Å². The number of aromatic amines is 1. The number of likely N-dealkylation sites (tertiary alicyclic amines) is 1. The minimum atomic E-state index is -0.574. The van der Waals surface area contributed by atoms with Crippen molar-refractivity contribution in [2.75, 3.05) is 13.7 Å². The van der Waals surface area contributed by atoms with E-state index < -0.39 is 12.1 Å². The minimum Gasteiger partial charge on any atom is -0.468 e. The number of imidazole rings is 1. The van der Waals surface area contributed by atoms with Gasteiger partial charge in [-0.25, -0.2) is 9.37 Å². The summed E-state index contributed by atoms with van der Waals surface area (Å²) in [5, 5.41) is 9.74. The predicted molar refractivity (Wildman–Crippen MR) is 72.9 cm³/mol. The molecule has 1 saturated heterocycles. The Bertz CT molecular complexity index is 673. The Labute approximate surface area is 120 Å². The second-order valence-corrected chi connectivity index (χ2v) is 5.18. The number of H-pyrrole nitrogens is 1. The van der Waals surface area contributed by atoms with Crippen LogP contribution in [0.2, 0.25) is 0 Å². The second kappa shape index (κ2) is 5.42. The molecule has 1 aromatic carbocycles. The molecule has 6 nitrogen and oxygen atoms in total. The third kappa shape index (κ3) is 2.62. The van der Waals surface area contributed by atoms with Gasteiger partial charge < -0.3 is 14.8 Å². The van der Waals surface area contributed by atoms with E-state index in [1.165, 1.54) is 13.2 Å². The number of aliphatic hydroxyl groups is 1. The molecule has 2 atom stereocenters. The Morgan fingerprint density at radius 3 is 3.14 bits per heavy atom. The molecule has 0 saturated carbocycles. The summed E-state index contributed by atoms with van der Waals surface area (Å²) in [6.45, 7) is 0.685. The number of carbonyl (C=O) groups is 1. The number of ether oxygens (including phenoxy) is 1. The molecule has 2 heterocycles. The van der Waals surface area contributed by atoms with Crippen molar-refractivity contribution in [1.82, 2.24) is 14.9 Å². The van der Waals surface area contributed by atoms with E-state index in [2.05, 4.69) is 9.97 Å². The van der Waals surface area contributed by atoms with Crippen molar-refractivity contribution in [3.8, 4) is 0 Å². The third-order valence-electron chi connectivity index (χ3n) is 3.72. The number of nitrogens with one attached hydrogen (secondary N) is 1. The number of aliphatic hydroxyl groups excluding tert-OH is 1. The number of fused-ring (bicyclic) bond motifs is 1. The van der Waals surface area contributed by atoms with Crippen LogP contribution in [0.3, 0.4) is 0 Å². The Morgan fingerprint density at radius 2 is 2.43 bits per heavy atom. The smallest absolute Gasteiger partial charge is 0.323 e. The standard InChI is InChI=1S/C14H16FN3O3/c1-21-14(20)11-5-8(19)6-18(11)7-12-16-10-4-2-3-9(15)13(10)17-12/h2-4,8,11,19H,5-7H2,1H3,(H,16,17)/t8-,11-/m0/s1. The van der Waals surface area contributed by atoms with Crippen LogP contribution in [0.5, 0.6) is 0 Å². The van der Waals surface area contributed by atoms with Gasteiger partial charge in [0.05, 0.1) is 25.3 Å². The number of benzene rings is 1. The van der Waals surface area contributed by atoms with Crippen LogP contribution in [0.1, 0.15) is 12.2 Å². The summed E-state index contributed by atoms with van der Waals surface area (Å²) >= 11 is 0. The molecule has 0 amide bonds. The number of hydrogen-bond acceptors (Lipinski definition) is 5. The van der Waals surface area contributed by atoms with Gasteiger partial charge in [0, 0.05) is 13.0 Å². The largest absolute Gasteiger partial charge is 0.468 e. The molecule has 7 heteroatoms. The lowest BCUT2D eigenvalue weighted by Crippen LogP contribution is -2.36. The average Bonchev–Trinajstić information content (AvgIpc) is 3.02. The molecule has 0 spiro atoms. The van der Waals surface area contributed by atoms with E-state index in [9.17, 15) is 14.3 Å². The van der Waals surface area contributed by atoms with Crippen LogP contribution in [0.15, 0.2) is 18.2 Å². The van der Waals surface area contributed by atoms with Gasteiger partial charge in [-0.2, -0.15) is 0 Å². The van der Waals surface area contributed by atoms with E-state index in [-0.39, 0.29) is 17.3 Å². The fourth-order valence-electron chi connectivity index (χ4n) is 2.75. The number of β-amino-alcohol motifs (C(OH)–C–C–N with tert-alkyl or cyclic N) is 1. The van der Waals surface area contributed by atoms with Crippen LogP contribution < -0.4 is 0 Å². The molecule has 3 rings (SSSR count). The molecule has 112 valence electrons. The Morgan fingerprint density at radius 1 is 1.62 bits per heavy atom. The van der Waals surface area contributed by atoms with Crippen molar-refractivity contribution in [3.63, 3.8) is 0 Å². The first-order valence-corrected chi connectivity index (χ1v) is 6.71. The van der Waals surface area contributed by atoms with Gasteiger partial charge in [0.2, 0.25) is 0 Å². The second-order valence-electron chi connectivity index (χ2n) is 5.18. The quantitative estimate of drug-likeness (QED) is 0.819. The number of rotatable bonds is 3. The fourth-order valence-corrected chi connectivity index (χ4v) is 2.75. The molecule has 0 unspecified atom stereocenters. The molecule has 1 aromatic heterocycles. The van der Waals surface area contributed by atoms with Gasteiger partial charge in [0.1, 0.15) is 17.4 Å². The maximum atomic E-state index is 13.6. The number of nitrogens with zero attached hydrogens (tertiary/aromatic N) is 2. The van der Waals surface area contributed by atoms with Crippen LogP contribution in [0, 0.1) is 5.82 Å².